The molecule has 1 amide bonds. The van der Waals surface area contributed by atoms with Crippen LogP contribution in [0.2, 0.25) is 0 Å². The molecule has 3 rings (SSSR count). The molecular formula is C16H19N3O3S. The summed E-state index contributed by atoms with van der Waals surface area (Å²) in [5.41, 5.74) is 2.74. The molecule has 1 aliphatic rings. The highest BCUT2D eigenvalue weighted by atomic mass is 32.1. The van der Waals surface area contributed by atoms with Crippen molar-refractivity contribution in [1.29, 1.82) is 0 Å². The Kier molecular flexibility index (Phi) is 4.21. The van der Waals surface area contributed by atoms with E-state index in [1.807, 2.05) is 22.6 Å². The SMILES string of the molecule is Cc1cscc1C(=O)N1CCC(n2ncc(C(=O)O)c2C)CC1. The zero-order chi connectivity index (χ0) is 16.6. The van der Waals surface area contributed by atoms with Crippen molar-refractivity contribution in [2.75, 3.05) is 13.1 Å². The fraction of sp³-hybridized carbons (Fsp3) is 0.438. The number of thiophene rings is 1. The molecule has 0 atom stereocenters. The number of carboxylic acids is 1. The Labute approximate surface area is 138 Å². The quantitative estimate of drug-likeness (QED) is 0.937. The molecular weight excluding hydrogens is 314 g/mol. The summed E-state index contributed by atoms with van der Waals surface area (Å²) in [6.45, 7) is 5.07. The van der Waals surface area contributed by atoms with Crippen LogP contribution in [-0.4, -0.2) is 44.8 Å². The molecule has 0 saturated carbocycles. The van der Waals surface area contributed by atoms with E-state index in [-0.39, 0.29) is 17.5 Å². The molecule has 0 radical (unpaired) electrons. The van der Waals surface area contributed by atoms with Gasteiger partial charge in [0.25, 0.3) is 5.91 Å². The molecule has 2 aromatic heterocycles. The van der Waals surface area contributed by atoms with Gasteiger partial charge >= 0.3 is 5.97 Å². The minimum Gasteiger partial charge on any atom is -0.478 e. The lowest BCUT2D eigenvalue weighted by Crippen LogP contribution is -2.39. The number of hydrogen-bond acceptors (Lipinski definition) is 4. The summed E-state index contributed by atoms with van der Waals surface area (Å²) in [4.78, 5) is 25.5. The molecule has 1 N–H and O–H groups in total. The van der Waals surface area contributed by atoms with Gasteiger partial charge in [0.15, 0.2) is 0 Å². The van der Waals surface area contributed by atoms with Crippen molar-refractivity contribution in [2.45, 2.75) is 32.7 Å². The zero-order valence-corrected chi connectivity index (χ0v) is 14.0. The first-order chi connectivity index (χ1) is 11.0. The molecule has 1 aliphatic heterocycles. The van der Waals surface area contributed by atoms with E-state index in [0.29, 0.717) is 18.8 Å². The van der Waals surface area contributed by atoms with Gasteiger partial charge in [0.1, 0.15) is 5.56 Å². The van der Waals surface area contributed by atoms with Crippen molar-refractivity contribution >= 4 is 23.2 Å². The fourth-order valence-electron chi connectivity index (χ4n) is 3.06. The third kappa shape index (κ3) is 2.88. The predicted molar refractivity (Wildman–Crippen MR) is 87.2 cm³/mol. The van der Waals surface area contributed by atoms with Crippen molar-refractivity contribution in [3.8, 4) is 0 Å². The second-order valence-electron chi connectivity index (χ2n) is 5.89. The summed E-state index contributed by atoms with van der Waals surface area (Å²) in [6, 6.07) is 0.149. The molecule has 23 heavy (non-hydrogen) atoms. The number of nitrogens with zero attached hydrogens (tertiary/aromatic N) is 3. The average molecular weight is 333 g/mol. The van der Waals surface area contributed by atoms with E-state index in [1.54, 1.807) is 22.9 Å². The molecule has 0 bridgehead atoms. The lowest BCUT2D eigenvalue weighted by Gasteiger charge is -2.32. The van der Waals surface area contributed by atoms with Gasteiger partial charge in [0.2, 0.25) is 0 Å². The second kappa shape index (κ2) is 6.16. The average Bonchev–Trinajstić information content (AvgIpc) is 3.12. The van der Waals surface area contributed by atoms with Crippen molar-refractivity contribution in [2.24, 2.45) is 0 Å². The standard InChI is InChI=1S/C16H19N3O3S/c1-10-8-23-9-14(10)15(20)18-5-3-12(4-6-18)19-11(2)13(7-17-19)16(21)22/h7-9,12H,3-6H2,1-2H3,(H,21,22). The number of hydrogen-bond donors (Lipinski definition) is 1. The van der Waals surface area contributed by atoms with Crippen LogP contribution < -0.4 is 0 Å². The van der Waals surface area contributed by atoms with Crippen LogP contribution in [0.15, 0.2) is 17.0 Å². The van der Waals surface area contributed by atoms with E-state index in [2.05, 4.69) is 5.10 Å². The van der Waals surface area contributed by atoms with Crippen LogP contribution in [0.5, 0.6) is 0 Å². The Morgan fingerprint density at radius 1 is 1.22 bits per heavy atom. The Morgan fingerprint density at radius 2 is 1.91 bits per heavy atom. The number of carbonyl (C=O) groups is 2. The van der Waals surface area contributed by atoms with E-state index in [1.165, 1.54) is 6.20 Å². The largest absolute Gasteiger partial charge is 0.478 e. The summed E-state index contributed by atoms with van der Waals surface area (Å²) < 4.78 is 1.79. The van der Waals surface area contributed by atoms with E-state index in [9.17, 15) is 9.59 Å². The zero-order valence-electron chi connectivity index (χ0n) is 13.2. The molecule has 0 unspecified atom stereocenters. The first-order valence-electron chi connectivity index (χ1n) is 7.58. The van der Waals surface area contributed by atoms with Gasteiger partial charge in [-0.05, 0) is 37.6 Å². The van der Waals surface area contributed by atoms with E-state index in [4.69, 9.17) is 5.11 Å². The molecule has 6 nitrogen and oxygen atoms in total. The van der Waals surface area contributed by atoms with Crippen LogP contribution in [0.1, 0.15) is 50.9 Å². The highest BCUT2D eigenvalue weighted by Gasteiger charge is 2.27. The minimum atomic E-state index is -0.950. The van der Waals surface area contributed by atoms with Gasteiger partial charge in [-0.1, -0.05) is 0 Å². The molecule has 0 aromatic carbocycles. The number of piperidine rings is 1. The molecule has 1 fully saturated rings. The van der Waals surface area contributed by atoms with E-state index >= 15 is 0 Å². The smallest absolute Gasteiger partial charge is 0.339 e. The third-order valence-electron chi connectivity index (χ3n) is 4.46. The lowest BCUT2D eigenvalue weighted by atomic mass is 10.0. The van der Waals surface area contributed by atoms with E-state index < -0.39 is 5.97 Å². The number of carbonyl (C=O) groups excluding carboxylic acids is 1. The third-order valence-corrected chi connectivity index (χ3v) is 5.32. The van der Waals surface area contributed by atoms with E-state index in [0.717, 1.165) is 24.0 Å². The number of aromatic nitrogens is 2. The maximum Gasteiger partial charge on any atom is 0.339 e. The van der Waals surface area contributed by atoms with Gasteiger partial charge in [-0.25, -0.2) is 4.79 Å². The van der Waals surface area contributed by atoms with Crippen LogP contribution >= 0.6 is 11.3 Å². The van der Waals surface area contributed by atoms with Crippen molar-refractivity contribution < 1.29 is 14.7 Å². The first kappa shape index (κ1) is 15.7. The maximum atomic E-state index is 12.5. The Hall–Kier alpha value is -2.15. The normalized spacial score (nSPS) is 15.8. The highest BCUT2D eigenvalue weighted by molar-refractivity contribution is 7.08. The Balaban J connectivity index is 1.68. The number of rotatable bonds is 3. The lowest BCUT2D eigenvalue weighted by molar-refractivity contribution is 0.0688. The molecule has 2 aromatic rings. The van der Waals surface area contributed by atoms with Crippen LogP contribution in [0, 0.1) is 13.8 Å². The summed E-state index contributed by atoms with van der Waals surface area (Å²) in [7, 11) is 0. The Bertz CT molecular complexity index is 742. The summed E-state index contributed by atoms with van der Waals surface area (Å²) in [6.07, 6.45) is 2.98. The predicted octanol–water partition coefficient (Wildman–Crippen LogP) is 2.74. The molecule has 7 heteroatoms. The summed E-state index contributed by atoms with van der Waals surface area (Å²) in [5, 5.41) is 17.2. The van der Waals surface area contributed by atoms with Crippen molar-refractivity contribution in [1.82, 2.24) is 14.7 Å². The number of carboxylic acid groups (broad SMARTS) is 1. The number of amides is 1. The Morgan fingerprint density at radius 3 is 2.43 bits per heavy atom. The van der Waals surface area contributed by atoms with Crippen LogP contribution in [-0.2, 0) is 0 Å². The summed E-state index contributed by atoms with van der Waals surface area (Å²) >= 11 is 1.55. The summed E-state index contributed by atoms with van der Waals surface area (Å²) in [5.74, 6) is -0.861. The van der Waals surface area contributed by atoms with Crippen molar-refractivity contribution in [3.63, 3.8) is 0 Å². The topological polar surface area (TPSA) is 75.4 Å². The van der Waals surface area contributed by atoms with Gasteiger partial charge in [-0.3, -0.25) is 9.48 Å². The van der Waals surface area contributed by atoms with Crippen LogP contribution in [0.25, 0.3) is 0 Å². The molecule has 3 heterocycles. The molecule has 0 spiro atoms. The first-order valence-corrected chi connectivity index (χ1v) is 8.52. The molecule has 1 saturated heterocycles. The van der Waals surface area contributed by atoms with Crippen molar-refractivity contribution in [3.05, 3.63) is 39.3 Å². The second-order valence-corrected chi connectivity index (χ2v) is 6.63. The van der Waals surface area contributed by atoms with Gasteiger partial charge in [0.05, 0.1) is 23.5 Å². The number of likely N-dealkylation sites (tertiary alicyclic amines) is 1. The number of aromatic carboxylic acids is 1. The van der Waals surface area contributed by atoms with Gasteiger partial charge in [0, 0.05) is 18.5 Å². The van der Waals surface area contributed by atoms with Crippen LogP contribution in [0.4, 0.5) is 0 Å². The van der Waals surface area contributed by atoms with Gasteiger partial charge < -0.3 is 10.0 Å². The van der Waals surface area contributed by atoms with Gasteiger partial charge in [-0.2, -0.15) is 16.4 Å². The minimum absolute atomic E-state index is 0.0885. The maximum absolute atomic E-state index is 12.5. The highest BCUT2D eigenvalue weighted by Crippen LogP contribution is 2.26. The fourth-order valence-corrected chi connectivity index (χ4v) is 3.89. The number of aryl methyl sites for hydroxylation is 1. The monoisotopic (exact) mass is 333 g/mol. The molecule has 122 valence electrons. The molecule has 0 aliphatic carbocycles. The van der Waals surface area contributed by atoms with Crippen LogP contribution in [0.3, 0.4) is 0 Å². The van der Waals surface area contributed by atoms with Gasteiger partial charge in [-0.15, -0.1) is 0 Å².